The van der Waals surface area contributed by atoms with Crippen molar-refractivity contribution in [2.75, 3.05) is 26.8 Å². The molecule has 0 spiro atoms. The maximum absolute atomic E-state index is 7.00. The van der Waals surface area contributed by atoms with Gasteiger partial charge < -0.3 is 10.0 Å². The Morgan fingerprint density at radius 1 is 2.00 bits per heavy atom. The number of hydrogen-bond donors (Lipinski definition) is 1. The molecule has 0 aromatic carbocycles. The third-order valence-electron chi connectivity index (χ3n) is 1.18. The fourth-order valence-electron chi connectivity index (χ4n) is 0.653. The first-order valence-corrected chi connectivity index (χ1v) is 2.55. The number of nitrogens with one attached hydrogen (secondary N) is 1. The molecule has 7 heavy (non-hydrogen) atoms. The molecule has 0 bridgehead atoms. The molecule has 1 aliphatic heterocycles. The van der Waals surface area contributed by atoms with E-state index >= 15 is 0 Å². The van der Waals surface area contributed by atoms with Gasteiger partial charge in [-0.2, -0.15) is 0 Å². The van der Waals surface area contributed by atoms with Crippen molar-refractivity contribution in [3.63, 3.8) is 0 Å². The predicted molar refractivity (Wildman–Crippen MR) is 28.2 cm³/mol. The average molecular weight is 102 g/mol. The summed E-state index contributed by atoms with van der Waals surface area (Å²) in [7, 11) is 1.70. The summed E-state index contributed by atoms with van der Waals surface area (Å²) in [4.78, 5) is 0. The summed E-state index contributed by atoms with van der Waals surface area (Å²) in [5.41, 5.74) is 0. The van der Waals surface area contributed by atoms with E-state index in [4.69, 9.17) is 6.15 Å². The van der Waals surface area contributed by atoms with Crippen LogP contribution in [-0.2, 0) is 4.74 Å². The lowest BCUT2D eigenvalue weighted by Gasteiger charge is -2.25. The van der Waals surface area contributed by atoms with E-state index in [0.717, 1.165) is 19.7 Å². The molecule has 0 aromatic rings. The highest BCUT2D eigenvalue weighted by molar-refractivity contribution is 4.73. The van der Waals surface area contributed by atoms with Crippen molar-refractivity contribution in [3.8, 4) is 0 Å². The van der Waals surface area contributed by atoms with E-state index in [0.29, 0.717) is 5.92 Å². The Hall–Kier alpha value is -0.0800. The van der Waals surface area contributed by atoms with Gasteiger partial charge in [0.25, 0.3) is 0 Å². The van der Waals surface area contributed by atoms with Gasteiger partial charge in [-0.1, -0.05) is 0 Å². The third kappa shape index (κ3) is 1.14. The average Bonchev–Trinajstić information content (AvgIpc) is 1.64. The van der Waals surface area contributed by atoms with E-state index in [1.54, 1.807) is 12.4 Å². The lowest BCUT2D eigenvalue weighted by Crippen LogP contribution is -2.44. The lowest BCUT2D eigenvalue weighted by molar-refractivity contribution is 0.124. The molecule has 1 aliphatic rings. The normalized spacial score (nSPS) is 26.7. The summed E-state index contributed by atoms with van der Waals surface area (Å²) >= 11 is 0. The molecule has 1 fully saturated rings. The summed E-state index contributed by atoms with van der Waals surface area (Å²) in [6, 6.07) is 0. The van der Waals surface area contributed by atoms with Crippen LogP contribution in [0.1, 0.15) is 0 Å². The van der Waals surface area contributed by atoms with Crippen molar-refractivity contribution >= 4 is 0 Å². The number of ether oxygens (including phenoxy) is 1. The van der Waals surface area contributed by atoms with Crippen LogP contribution in [0.25, 0.3) is 0 Å². The molecular weight excluding hydrogens is 90.1 g/mol. The van der Waals surface area contributed by atoms with Crippen molar-refractivity contribution < 1.29 is 6.15 Å². The van der Waals surface area contributed by atoms with Crippen LogP contribution in [0.15, 0.2) is 0 Å². The van der Waals surface area contributed by atoms with E-state index in [-0.39, 0.29) is 0 Å². The predicted octanol–water partition coefficient (Wildman–Crippen LogP) is -0.148. The van der Waals surface area contributed by atoms with Gasteiger partial charge in [-0.05, 0) is 0 Å². The fourth-order valence-corrected chi connectivity index (χ4v) is 0.653. The topological polar surface area (TPSA) is 21.3 Å². The van der Waals surface area contributed by atoms with Crippen LogP contribution < -0.4 is 5.31 Å². The highest BCUT2D eigenvalue weighted by atomic mass is 16.5. The van der Waals surface area contributed by atoms with Crippen LogP contribution in [-0.4, -0.2) is 26.8 Å². The molecule has 42 valence electrons. The van der Waals surface area contributed by atoms with E-state index in [9.17, 15) is 0 Å². The SMILES string of the molecule is [2H]N1CC(COC)C1. The van der Waals surface area contributed by atoms with Gasteiger partial charge >= 0.3 is 0 Å². The molecule has 0 saturated carbocycles. The van der Waals surface area contributed by atoms with Gasteiger partial charge in [-0.25, -0.2) is 0 Å². The molecular formula is C5H11NO. The third-order valence-corrected chi connectivity index (χ3v) is 1.18. The Labute approximate surface area is 45.3 Å². The van der Waals surface area contributed by atoms with Crippen LogP contribution in [0.5, 0.6) is 0 Å². The molecule has 1 heterocycles. The van der Waals surface area contributed by atoms with Gasteiger partial charge in [0.05, 0.1) is 6.61 Å². The zero-order chi connectivity index (χ0) is 5.98. The zero-order valence-electron chi connectivity index (χ0n) is 5.55. The van der Waals surface area contributed by atoms with Crippen LogP contribution in [0, 0.1) is 5.92 Å². The number of methoxy groups -OCH3 is 1. The Kier molecular flexibility index (Phi) is 1.26. The lowest BCUT2D eigenvalue weighted by atomic mass is 10.1. The Morgan fingerprint density at radius 3 is 3.14 bits per heavy atom. The minimum absolute atomic E-state index is 0.623. The van der Waals surface area contributed by atoms with Crippen LogP contribution in [0.4, 0.5) is 0 Å². The quantitative estimate of drug-likeness (QED) is 0.523. The van der Waals surface area contributed by atoms with Crippen molar-refractivity contribution in [1.82, 2.24) is 5.31 Å². The molecule has 1 saturated heterocycles. The van der Waals surface area contributed by atoms with E-state index in [2.05, 4.69) is 0 Å². The molecule has 0 amide bonds. The second-order valence-electron chi connectivity index (χ2n) is 1.91. The molecule has 0 aromatic heterocycles. The zero-order valence-corrected chi connectivity index (χ0v) is 4.55. The Bertz CT molecular complexity index is 70.1. The van der Waals surface area contributed by atoms with E-state index in [1.165, 1.54) is 0 Å². The van der Waals surface area contributed by atoms with E-state index < -0.39 is 0 Å². The van der Waals surface area contributed by atoms with Crippen molar-refractivity contribution in [2.24, 2.45) is 5.92 Å². The van der Waals surface area contributed by atoms with Gasteiger partial charge in [-0.3, -0.25) is 0 Å². The smallest absolute Gasteiger partial charge is 0.122 e. The maximum Gasteiger partial charge on any atom is 0.122 e. The summed E-state index contributed by atoms with van der Waals surface area (Å²) in [6.45, 7) is 2.58. The van der Waals surface area contributed by atoms with Crippen molar-refractivity contribution in [2.45, 2.75) is 0 Å². The first-order valence-electron chi connectivity index (χ1n) is 3.00. The summed E-state index contributed by atoms with van der Waals surface area (Å²) in [6.07, 6.45) is 0. The highest BCUT2D eigenvalue weighted by Crippen LogP contribution is 2.00. The summed E-state index contributed by atoms with van der Waals surface area (Å²) < 4.78 is 11.9. The molecule has 2 nitrogen and oxygen atoms in total. The number of hydrogen-bond acceptors (Lipinski definition) is 2. The molecule has 0 aliphatic carbocycles. The van der Waals surface area contributed by atoms with Crippen LogP contribution in [0.3, 0.4) is 0 Å². The second-order valence-corrected chi connectivity index (χ2v) is 1.91. The van der Waals surface area contributed by atoms with E-state index in [1.807, 2.05) is 0 Å². The van der Waals surface area contributed by atoms with Crippen LogP contribution >= 0.6 is 0 Å². The Morgan fingerprint density at radius 2 is 2.71 bits per heavy atom. The molecule has 1 N–H and O–H groups in total. The molecule has 1 rings (SSSR count). The maximum atomic E-state index is 7.00. The van der Waals surface area contributed by atoms with Gasteiger partial charge in [-0.15, -0.1) is 0 Å². The standard InChI is InChI=1S/C5H11NO/c1-7-4-5-2-6-3-5/h5-6H,2-4H2,1H3/i/hD. The Balaban J connectivity index is 1.98. The van der Waals surface area contributed by atoms with Crippen LogP contribution in [0.2, 0.25) is 1.41 Å². The van der Waals surface area contributed by atoms with Gasteiger partial charge in [0.1, 0.15) is 1.41 Å². The van der Waals surface area contributed by atoms with Crippen molar-refractivity contribution in [1.29, 1.82) is 0 Å². The molecule has 0 unspecified atom stereocenters. The largest absolute Gasteiger partial charge is 0.384 e. The first kappa shape index (κ1) is 3.87. The number of rotatable bonds is 2. The monoisotopic (exact) mass is 102 g/mol. The highest BCUT2D eigenvalue weighted by Gasteiger charge is 2.14. The second kappa shape index (κ2) is 2.28. The van der Waals surface area contributed by atoms with Crippen molar-refractivity contribution in [3.05, 3.63) is 0 Å². The minimum atomic E-state index is 0.623. The minimum Gasteiger partial charge on any atom is -0.384 e. The molecule has 0 atom stereocenters. The van der Waals surface area contributed by atoms with Gasteiger partial charge in [0.2, 0.25) is 0 Å². The molecule has 0 radical (unpaired) electrons. The summed E-state index contributed by atoms with van der Waals surface area (Å²) in [5.74, 6) is 0.623. The molecule has 2 heteroatoms. The summed E-state index contributed by atoms with van der Waals surface area (Å²) in [5, 5.41) is 1.55. The van der Waals surface area contributed by atoms with Gasteiger partial charge in [0.15, 0.2) is 0 Å². The van der Waals surface area contributed by atoms with Gasteiger partial charge in [0, 0.05) is 26.1 Å². The fraction of sp³-hybridized carbons (Fsp3) is 1.00. The first-order chi connectivity index (χ1) is 3.83.